The molecule has 0 saturated heterocycles. The van der Waals surface area contributed by atoms with Crippen molar-refractivity contribution in [1.82, 2.24) is 14.7 Å². The van der Waals surface area contributed by atoms with Crippen molar-refractivity contribution >= 4 is 5.52 Å². The van der Waals surface area contributed by atoms with E-state index < -0.39 is 0 Å². The van der Waals surface area contributed by atoms with Gasteiger partial charge in [-0.15, -0.1) is 0 Å². The van der Waals surface area contributed by atoms with Crippen molar-refractivity contribution in [2.24, 2.45) is 0 Å². The smallest absolute Gasteiger partial charge is 0.166 e. The predicted molar refractivity (Wildman–Crippen MR) is 74.0 cm³/mol. The van der Waals surface area contributed by atoms with Gasteiger partial charge >= 0.3 is 0 Å². The van der Waals surface area contributed by atoms with E-state index in [1.165, 1.54) is 12.8 Å². The van der Waals surface area contributed by atoms with Crippen LogP contribution in [0, 0.1) is 11.3 Å². The molecular formula is C15H18N4. The molecule has 4 heteroatoms. The van der Waals surface area contributed by atoms with Crippen LogP contribution in [0.15, 0.2) is 24.4 Å². The minimum atomic E-state index is 0.474. The van der Waals surface area contributed by atoms with Gasteiger partial charge in [-0.3, -0.25) is 0 Å². The number of imidazole rings is 1. The lowest BCUT2D eigenvalue weighted by molar-refractivity contribution is 0.350. The largest absolute Gasteiger partial charge is 0.317 e. The number of fused-ring (bicyclic) bond motifs is 1. The van der Waals surface area contributed by atoms with Crippen molar-refractivity contribution in [2.45, 2.75) is 37.6 Å². The van der Waals surface area contributed by atoms with Crippen LogP contribution in [0.25, 0.3) is 5.52 Å². The van der Waals surface area contributed by atoms with Crippen molar-refractivity contribution in [1.29, 1.82) is 5.26 Å². The summed E-state index contributed by atoms with van der Waals surface area (Å²) in [5.41, 5.74) is 1.47. The first-order valence-electron chi connectivity index (χ1n) is 6.88. The van der Waals surface area contributed by atoms with Gasteiger partial charge in [0, 0.05) is 18.2 Å². The number of hydrogen-bond acceptors (Lipinski definition) is 3. The van der Waals surface area contributed by atoms with Gasteiger partial charge in [-0.1, -0.05) is 6.07 Å². The quantitative estimate of drug-likeness (QED) is 0.895. The van der Waals surface area contributed by atoms with E-state index in [1.54, 1.807) is 0 Å². The molecule has 2 aromatic heterocycles. The number of pyridine rings is 1. The summed E-state index contributed by atoms with van der Waals surface area (Å²) in [5, 5.41) is 12.5. The first-order chi connectivity index (χ1) is 9.33. The van der Waals surface area contributed by atoms with Gasteiger partial charge in [0.25, 0.3) is 0 Å². The summed E-state index contributed by atoms with van der Waals surface area (Å²) in [6.45, 7) is 0. The highest BCUT2D eigenvalue weighted by molar-refractivity contribution is 5.58. The maximum absolute atomic E-state index is 9.19. The lowest BCUT2D eigenvalue weighted by Crippen LogP contribution is -2.29. The molecule has 0 spiro atoms. The number of hydrogen-bond donors (Lipinski definition) is 1. The molecule has 0 bridgehead atoms. The second kappa shape index (κ2) is 5.02. The predicted octanol–water partition coefficient (Wildman–Crippen LogP) is 2.45. The third-order valence-electron chi connectivity index (χ3n) is 4.18. The minimum Gasteiger partial charge on any atom is -0.317 e. The molecule has 1 N–H and O–H groups in total. The van der Waals surface area contributed by atoms with E-state index >= 15 is 0 Å². The molecule has 0 aliphatic heterocycles. The van der Waals surface area contributed by atoms with Gasteiger partial charge in [0.2, 0.25) is 0 Å². The number of aromatic nitrogens is 2. The van der Waals surface area contributed by atoms with E-state index in [0.717, 1.165) is 24.2 Å². The highest BCUT2D eigenvalue weighted by Gasteiger charge is 2.25. The van der Waals surface area contributed by atoms with Crippen molar-refractivity contribution in [3.63, 3.8) is 0 Å². The van der Waals surface area contributed by atoms with Crippen LogP contribution in [0.1, 0.15) is 43.1 Å². The van der Waals surface area contributed by atoms with Crippen LogP contribution in [0.5, 0.6) is 0 Å². The fourth-order valence-electron chi connectivity index (χ4n) is 3.07. The van der Waals surface area contributed by atoms with Crippen molar-refractivity contribution < 1.29 is 0 Å². The number of rotatable bonds is 2. The third kappa shape index (κ3) is 2.11. The summed E-state index contributed by atoms with van der Waals surface area (Å²) in [6.07, 6.45) is 6.67. The Morgan fingerprint density at radius 2 is 2.11 bits per heavy atom. The van der Waals surface area contributed by atoms with Crippen LogP contribution in [0.3, 0.4) is 0 Å². The zero-order valence-electron chi connectivity index (χ0n) is 11.1. The zero-order chi connectivity index (χ0) is 13.2. The number of nitriles is 1. The van der Waals surface area contributed by atoms with Gasteiger partial charge in [0.1, 0.15) is 11.9 Å². The van der Waals surface area contributed by atoms with Crippen molar-refractivity contribution in [3.05, 3.63) is 35.9 Å². The lowest BCUT2D eigenvalue weighted by atomic mass is 9.85. The fraction of sp³-hybridized carbons (Fsp3) is 0.467. The topological polar surface area (TPSA) is 53.1 Å². The van der Waals surface area contributed by atoms with Crippen LogP contribution in [0.4, 0.5) is 0 Å². The molecule has 19 heavy (non-hydrogen) atoms. The van der Waals surface area contributed by atoms with Crippen LogP contribution < -0.4 is 5.32 Å². The molecule has 0 amide bonds. The van der Waals surface area contributed by atoms with Crippen LogP contribution >= 0.6 is 0 Å². The summed E-state index contributed by atoms with van der Waals surface area (Å²) in [6, 6.07) is 8.77. The number of nitrogens with one attached hydrogen (secondary N) is 1. The van der Waals surface area contributed by atoms with Gasteiger partial charge in [-0.2, -0.15) is 5.26 Å². The molecule has 2 aromatic rings. The SMILES string of the molecule is CNC1CCC(c2nc(C#N)c3ccccn23)CC1. The van der Waals surface area contributed by atoms with E-state index in [-0.39, 0.29) is 0 Å². The van der Waals surface area contributed by atoms with Crippen LogP contribution in [0.2, 0.25) is 0 Å². The maximum Gasteiger partial charge on any atom is 0.166 e. The average Bonchev–Trinajstić information content (AvgIpc) is 2.86. The highest BCUT2D eigenvalue weighted by Crippen LogP contribution is 2.33. The van der Waals surface area contributed by atoms with Crippen molar-refractivity contribution in [3.8, 4) is 6.07 Å². The molecule has 0 radical (unpaired) electrons. The Hall–Kier alpha value is -1.86. The Kier molecular flexibility index (Phi) is 3.22. The first-order valence-corrected chi connectivity index (χ1v) is 6.88. The monoisotopic (exact) mass is 254 g/mol. The zero-order valence-corrected chi connectivity index (χ0v) is 11.1. The van der Waals surface area contributed by atoms with E-state index in [2.05, 4.69) is 20.8 Å². The Labute approximate surface area is 113 Å². The molecule has 0 aromatic carbocycles. The van der Waals surface area contributed by atoms with Gasteiger partial charge in [0.15, 0.2) is 5.69 Å². The normalized spacial score (nSPS) is 23.4. The van der Waals surface area contributed by atoms with Gasteiger partial charge in [0.05, 0.1) is 5.52 Å². The molecule has 1 saturated carbocycles. The molecule has 3 rings (SSSR count). The van der Waals surface area contributed by atoms with E-state index in [4.69, 9.17) is 0 Å². The van der Waals surface area contributed by atoms with Crippen molar-refractivity contribution in [2.75, 3.05) is 7.05 Å². The molecule has 98 valence electrons. The molecule has 0 unspecified atom stereocenters. The fourth-order valence-corrected chi connectivity index (χ4v) is 3.07. The third-order valence-corrected chi connectivity index (χ3v) is 4.18. The summed E-state index contributed by atoms with van der Waals surface area (Å²) < 4.78 is 2.09. The summed E-state index contributed by atoms with van der Waals surface area (Å²) >= 11 is 0. The van der Waals surface area contributed by atoms with E-state index in [9.17, 15) is 5.26 Å². The second-order valence-electron chi connectivity index (χ2n) is 5.22. The Bertz CT molecular complexity index is 615. The molecule has 4 nitrogen and oxygen atoms in total. The van der Waals surface area contributed by atoms with Gasteiger partial charge < -0.3 is 9.72 Å². The number of nitrogens with zero attached hydrogens (tertiary/aromatic N) is 3. The minimum absolute atomic E-state index is 0.474. The second-order valence-corrected chi connectivity index (χ2v) is 5.22. The summed E-state index contributed by atoms with van der Waals surface area (Å²) in [5.74, 6) is 1.53. The molecule has 0 atom stereocenters. The van der Waals surface area contributed by atoms with E-state index in [1.807, 2.05) is 31.4 Å². The Balaban J connectivity index is 1.96. The Morgan fingerprint density at radius 3 is 2.79 bits per heavy atom. The first kappa shape index (κ1) is 12.2. The lowest BCUT2D eigenvalue weighted by Gasteiger charge is -2.27. The van der Waals surface area contributed by atoms with Crippen LogP contribution in [-0.4, -0.2) is 22.5 Å². The highest BCUT2D eigenvalue weighted by atomic mass is 15.0. The maximum atomic E-state index is 9.19. The standard InChI is InChI=1S/C15H18N4/c1-17-12-7-5-11(6-8-12)15-18-13(10-16)14-4-2-3-9-19(14)15/h2-4,9,11-12,17H,5-8H2,1H3. The van der Waals surface area contributed by atoms with Crippen LogP contribution in [-0.2, 0) is 0 Å². The molecule has 1 aliphatic carbocycles. The Morgan fingerprint density at radius 1 is 1.32 bits per heavy atom. The van der Waals surface area contributed by atoms with E-state index in [0.29, 0.717) is 17.7 Å². The molecule has 1 aliphatic rings. The van der Waals surface area contributed by atoms with Gasteiger partial charge in [-0.25, -0.2) is 4.98 Å². The van der Waals surface area contributed by atoms with Gasteiger partial charge in [-0.05, 0) is 44.9 Å². The summed E-state index contributed by atoms with van der Waals surface area (Å²) in [4.78, 5) is 4.56. The summed E-state index contributed by atoms with van der Waals surface area (Å²) in [7, 11) is 2.03. The molecular weight excluding hydrogens is 236 g/mol. The molecule has 2 heterocycles. The average molecular weight is 254 g/mol. The molecule has 1 fully saturated rings.